The number of alkyl halides is 3. The third-order valence-electron chi connectivity index (χ3n) is 6.19. The zero-order valence-corrected chi connectivity index (χ0v) is 16.8. The van der Waals surface area contributed by atoms with Gasteiger partial charge in [0, 0.05) is 31.4 Å². The monoisotopic (exact) mass is 453 g/mol. The van der Waals surface area contributed by atoms with Gasteiger partial charge in [-0.25, -0.2) is 9.97 Å². The average molecular weight is 453 g/mol. The lowest BCUT2D eigenvalue weighted by Gasteiger charge is -2.55. The second-order valence-electron chi connectivity index (χ2n) is 8.23. The van der Waals surface area contributed by atoms with Crippen LogP contribution in [0.25, 0.3) is 0 Å². The number of carbonyl (C=O) groups is 2. The largest absolute Gasteiger partial charge is 0.530 e. The normalized spacial score (nSPS) is 18.4. The molecule has 2 aromatic rings. The number of nitrogens with two attached hydrogens (primary N) is 1. The summed E-state index contributed by atoms with van der Waals surface area (Å²) in [6, 6.07) is 1.83. The smallest absolute Gasteiger partial charge is 0.433 e. The van der Waals surface area contributed by atoms with Crippen LogP contribution in [0, 0.1) is 5.41 Å². The van der Waals surface area contributed by atoms with E-state index in [2.05, 4.69) is 15.1 Å². The van der Waals surface area contributed by atoms with Gasteiger partial charge < -0.3 is 30.0 Å². The molecule has 172 valence electrons. The first-order valence-corrected chi connectivity index (χ1v) is 9.95. The Balaban J connectivity index is 1.35. The number of piperidine rings is 1. The van der Waals surface area contributed by atoms with Crippen LogP contribution < -0.4 is 15.7 Å². The van der Waals surface area contributed by atoms with Crippen LogP contribution >= 0.6 is 0 Å². The summed E-state index contributed by atoms with van der Waals surface area (Å²) in [5.74, 6) is -0.558. The molecule has 32 heavy (non-hydrogen) atoms. The van der Waals surface area contributed by atoms with Crippen molar-refractivity contribution in [2.24, 2.45) is 11.1 Å². The zero-order chi connectivity index (χ0) is 23.1. The fourth-order valence-electron chi connectivity index (χ4n) is 4.42. The quantitative estimate of drug-likeness (QED) is 0.711. The van der Waals surface area contributed by atoms with Crippen LogP contribution in [0.15, 0.2) is 22.9 Å². The highest BCUT2D eigenvalue weighted by Crippen LogP contribution is 2.51. The fraction of sp³-hybridized carbons (Fsp3) is 0.526. The second-order valence-corrected chi connectivity index (χ2v) is 8.23. The van der Waals surface area contributed by atoms with E-state index in [0.29, 0.717) is 38.8 Å². The summed E-state index contributed by atoms with van der Waals surface area (Å²) in [6.45, 7) is 0.834. The Hall–Kier alpha value is -3.38. The Morgan fingerprint density at radius 2 is 2.00 bits per heavy atom. The van der Waals surface area contributed by atoms with Crippen LogP contribution in [0.3, 0.4) is 0 Å². The lowest BCUT2D eigenvalue weighted by molar-refractivity contribution is -0.273. The summed E-state index contributed by atoms with van der Waals surface area (Å²) < 4.78 is 43.7. The molecule has 4 rings (SSSR count). The highest BCUT2D eigenvalue weighted by Gasteiger charge is 2.48. The first kappa shape index (κ1) is 21.8. The van der Waals surface area contributed by atoms with Crippen LogP contribution in [-0.2, 0) is 12.7 Å². The van der Waals surface area contributed by atoms with Crippen LogP contribution in [0.2, 0.25) is 0 Å². The predicted octanol–water partition coefficient (Wildman–Crippen LogP) is 1.18. The van der Waals surface area contributed by atoms with Gasteiger partial charge in [0.25, 0.3) is 5.91 Å². The Labute approximate surface area is 180 Å². The van der Waals surface area contributed by atoms with E-state index < -0.39 is 23.9 Å². The van der Waals surface area contributed by atoms with Gasteiger partial charge in [-0.2, -0.15) is 13.2 Å². The van der Waals surface area contributed by atoms with Crippen molar-refractivity contribution in [3.8, 4) is 0 Å². The number of hydrogen-bond donors (Lipinski definition) is 1. The lowest BCUT2D eigenvalue weighted by atomic mass is 9.60. The molecule has 2 aliphatic rings. The Morgan fingerprint density at radius 1 is 1.31 bits per heavy atom. The van der Waals surface area contributed by atoms with Gasteiger partial charge in [-0.15, -0.1) is 0 Å². The first-order valence-electron chi connectivity index (χ1n) is 9.95. The van der Waals surface area contributed by atoms with Crippen LogP contribution in [-0.4, -0.2) is 51.2 Å². The molecule has 1 aliphatic carbocycles. The van der Waals surface area contributed by atoms with E-state index in [-0.39, 0.29) is 35.4 Å². The van der Waals surface area contributed by atoms with E-state index in [1.807, 2.05) is 0 Å². The van der Waals surface area contributed by atoms with E-state index in [4.69, 9.17) is 10.3 Å². The van der Waals surface area contributed by atoms with E-state index >= 15 is 0 Å². The average Bonchev–Trinajstić information content (AvgIpc) is 3.19. The van der Waals surface area contributed by atoms with Gasteiger partial charge in [0.2, 0.25) is 5.95 Å². The molecule has 2 fully saturated rings. The summed E-state index contributed by atoms with van der Waals surface area (Å²) in [4.78, 5) is 33.2. The topological polar surface area (TPSA) is 142 Å². The van der Waals surface area contributed by atoms with Gasteiger partial charge in [0.1, 0.15) is 11.8 Å². The molecule has 10 nitrogen and oxygen atoms in total. The number of anilines is 1. The molecule has 13 heteroatoms. The van der Waals surface area contributed by atoms with E-state index in [0.717, 1.165) is 17.2 Å². The van der Waals surface area contributed by atoms with E-state index in [1.54, 1.807) is 4.90 Å². The van der Waals surface area contributed by atoms with Crippen molar-refractivity contribution < 1.29 is 32.4 Å². The second kappa shape index (κ2) is 7.95. The SMILES string of the molecule is NC(=O)c1cc(CN(C(=O)[O-])C2CC3(CCN(c4nccc(C(F)(F)F)n4)CC3)C2)on1. The summed E-state index contributed by atoms with van der Waals surface area (Å²) >= 11 is 0. The molecule has 1 spiro atoms. The minimum absolute atomic E-state index is 0.0393. The number of carbonyl (C=O) groups excluding carboxylic acids is 2. The van der Waals surface area contributed by atoms with Crippen molar-refractivity contribution in [1.29, 1.82) is 0 Å². The molecular weight excluding hydrogens is 433 g/mol. The zero-order valence-electron chi connectivity index (χ0n) is 16.8. The van der Waals surface area contributed by atoms with Crippen molar-refractivity contribution in [3.05, 3.63) is 35.5 Å². The van der Waals surface area contributed by atoms with Crippen molar-refractivity contribution in [3.63, 3.8) is 0 Å². The maximum Gasteiger partial charge on any atom is 0.433 e. The molecule has 3 heterocycles. The first-order chi connectivity index (χ1) is 15.1. The number of rotatable bonds is 5. The highest BCUT2D eigenvalue weighted by atomic mass is 19.4. The van der Waals surface area contributed by atoms with Gasteiger partial charge >= 0.3 is 6.18 Å². The van der Waals surface area contributed by atoms with Crippen LogP contribution in [0.5, 0.6) is 0 Å². The van der Waals surface area contributed by atoms with Crippen LogP contribution in [0.1, 0.15) is 47.6 Å². The number of halogens is 3. The van der Waals surface area contributed by atoms with Crippen molar-refractivity contribution in [1.82, 2.24) is 20.0 Å². The Kier molecular flexibility index (Phi) is 5.42. The number of hydrogen-bond acceptors (Lipinski definition) is 8. The molecule has 1 saturated carbocycles. The maximum atomic E-state index is 12.9. The van der Waals surface area contributed by atoms with Gasteiger partial charge in [-0.1, -0.05) is 5.16 Å². The Morgan fingerprint density at radius 3 is 2.56 bits per heavy atom. The number of carboxylic acid groups (broad SMARTS) is 1. The number of nitrogens with zero attached hydrogens (tertiary/aromatic N) is 5. The maximum absolute atomic E-state index is 12.9. The molecule has 2 aromatic heterocycles. The van der Waals surface area contributed by atoms with E-state index in [1.165, 1.54) is 6.07 Å². The van der Waals surface area contributed by atoms with Crippen molar-refractivity contribution in [2.45, 2.75) is 44.4 Å². The molecule has 1 saturated heterocycles. The Bertz CT molecular complexity index is 1010. The van der Waals surface area contributed by atoms with Gasteiger partial charge in [-0.3, -0.25) is 4.79 Å². The number of primary amides is 1. The molecule has 1 aliphatic heterocycles. The molecule has 0 aromatic carbocycles. The van der Waals surface area contributed by atoms with Crippen molar-refractivity contribution >= 4 is 17.9 Å². The van der Waals surface area contributed by atoms with Gasteiger partial charge in [-0.05, 0) is 37.2 Å². The van der Waals surface area contributed by atoms with Crippen molar-refractivity contribution in [2.75, 3.05) is 18.0 Å². The van der Waals surface area contributed by atoms with Crippen LogP contribution in [0.4, 0.5) is 23.9 Å². The van der Waals surface area contributed by atoms with E-state index in [9.17, 15) is 27.9 Å². The van der Waals surface area contributed by atoms with Gasteiger partial charge in [0.15, 0.2) is 11.5 Å². The fourth-order valence-corrected chi connectivity index (χ4v) is 4.42. The molecule has 0 unspecified atom stereocenters. The molecule has 2 amide bonds. The third kappa shape index (κ3) is 4.32. The standard InChI is InChI=1S/C19H21F3N6O4/c20-19(21,22)14-1-4-24-16(25-14)27-5-2-18(3-6-27)8-11(9-18)28(17(30)31)10-12-7-13(15(23)29)26-32-12/h1,4,7,11H,2-3,5-6,8-10H2,(H2,23,29)(H,30,31)/p-1. The minimum Gasteiger partial charge on any atom is -0.530 e. The molecular formula is C19H20F3N6O4-. The summed E-state index contributed by atoms with van der Waals surface area (Å²) in [7, 11) is 0. The summed E-state index contributed by atoms with van der Waals surface area (Å²) in [6.07, 6.45) is -2.26. The highest BCUT2D eigenvalue weighted by molar-refractivity contribution is 5.90. The molecule has 2 N–H and O–H groups in total. The number of amides is 2. The molecule has 0 radical (unpaired) electrons. The molecule has 0 atom stereocenters. The van der Waals surface area contributed by atoms with Gasteiger partial charge in [0.05, 0.1) is 6.54 Å². The summed E-state index contributed by atoms with van der Waals surface area (Å²) in [5.41, 5.74) is 3.94. The molecule has 0 bridgehead atoms. The number of aromatic nitrogens is 3. The lowest BCUT2D eigenvalue weighted by Crippen LogP contribution is -2.58. The third-order valence-corrected chi connectivity index (χ3v) is 6.19. The predicted molar refractivity (Wildman–Crippen MR) is 99.9 cm³/mol. The summed E-state index contributed by atoms with van der Waals surface area (Å²) in [5, 5.41) is 15.1. The minimum atomic E-state index is -4.54.